The lowest BCUT2D eigenvalue weighted by molar-refractivity contribution is -0.116. The van der Waals surface area contributed by atoms with Gasteiger partial charge in [0.1, 0.15) is 5.76 Å². The van der Waals surface area contributed by atoms with Gasteiger partial charge in [-0.2, -0.15) is 0 Å². The molecule has 132 valence electrons. The number of H-pyrrole nitrogens is 1. The molecule has 0 radical (unpaired) electrons. The summed E-state index contributed by atoms with van der Waals surface area (Å²) >= 11 is 0. The second kappa shape index (κ2) is 7.80. The Labute approximate surface area is 145 Å². The number of imidazole rings is 1. The smallest absolute Gasteiger partial charge is 0.227 e. The molecule has 0 aliphatic heterocycles. The lowest BCUT2D eigenvalue weighted by Crippen LogP contribution is -2.31. The summed E-state index contributed by atoms with van der Waals surface area (Å²) in [6.07, 6.45) is 0.298. The predicted molar refractivity (Wildman–Crippen MR) is 94.7 cm³/mol. The second-order valence-corrected chi connectivity index (χ2v) is 5.68. The van der Waals surface area contributed by atoms with Crippen LogP contribution in [0.4, 0.5) is 11.8 Å². The zero-order valence-corrected chi connectivity index (χ0v) is 14.3. The fourth-order valence-corrected chi connectivity index (χ4v) is 2.48. The Morgan fingerprint density at radius 1 is 1.36 bits per heavy atom. The molecule has 1 aromatic carbocycles. The summed E-state index contributed by atoms with van der Waals surface area (Å²) in [6.45, 7) is 3.45. The van der Waals surface area contributed by atoms with Crippen molar-refractivity contribution in [1.82, 2.24) is 15.1 Å². The minimum Gasteiger partial charge on any atom is -0.383 e. The molecule has 0 saturated carbocycles. The first-order chi connectivity index (χ1) is 12.2. The van der Waals surface area contributed by atoms with Crippen LogP contribution >= 0.6 is 0 Å². The van der Waals surface area contributed by atoms with Crippen LogP contribution < -0.4 is 10.2 Å². The first kappa shape index (κ1) is 17.0. The standard InChI is InChI=1S/C17H21N5O3/c1-12-11-15(21-25-12)20-16(23)7-8-22(9-10-24-2)17-18-13-5-3-4-6-14(13)19-17/h3-6,11H,7-10H2,1-2H3,(H,18,19)(H,20,21,23). The molecule has 0 unspecified atom stereocenters. The summed E-state index contributed by atoms with van der Waals surface area (Å²) in [5.74, 6) is 1.67. The van der Waals surface area contributed by atoms with Gasteiger partial charge in [0.15, 0.2) is 5.82 Å². The average molecular weight is 343 g/mol. The molecule has 3 aromatic rings. The Bertz CT molecular complexity index is 809. The number of hydrogen-bond donors (Lipinski definition) is 2. The highest BCUT2D eigenvalue weighted by molar-refractivity contribution is 5.90. The van der Waals surface area contributed by atoms with Crippen LogP contribution in [0.3, 0.4) is 0 Å². The molecule has 25 heavy (non-hydrogen) atoms. The fourth-order valence-electron chi connectivity index (χ4n) is 2.48. The number of carbonyl (C=O) groups is 1. The van der Waals surface area contributed by atoms with Gasteiger partial charge in [-0.1, -0.05) is 17.3 Å². The molecule has 0 spiro atoms. The highest BCUT2D eigenvalue weighted by Gasteiger charge is 2.14. The van der Waals surface area contributed by atoms with Gasteiger partial charge in [0.05, 0.1) is 17.6 Å². The van der Waals surface area contributed by atoms with E-state index in [1.165, 1.54) is 0 Å². The van der Waals surface area contributed by atoms with Gasteiger partial charge in [-0.15, -0.1) is 0 Å². The Hall–Kier alpha value is -2.87. The summed E-state index contributed by atoms with van der Waals surface area (Å²) < 4.78 is 10.1. The number of aryl methyl sites for hydroxylation is 1. The number of nitrogens with zero attached hydrogens (tertiary/aromatic N) is 3. The van der Waals surface area contributed by atoms with E-state index in [-0.39, 0.29) is 5.91 Å². The number of carbonyl (C=O) groups excluding carboxylic acids is 1. The largest absolute Gasteiger partial charge is 0.383 e. The lowest BCUT2D eigenvalue weighted by Gasteiger charge is -2.21. The van der Waals surface area contributed by atoms with E-state index in [0.29, 0.717) is 37.7 Å². The number of rotatable bonds is 8. The van der Waals surface area contributed by atoms with Gasteiger partial charge >= 0.3 is 0 Å². The Morgan fingerprint density at radius 2 is 2.20 bits per heavy atom. The van der Waals surface area contributed by atoms with E-state index in [2.05, 4.69) is 20.4 Å². The molecule has 2 N–H and O–H groups in total. The van der Waals surface area contributed by atoms with Crippen molar-refractivity contribution in [3.8, 4) is 0 Å². The van der Waals surface area contributed by atoms with Crippen LogP contribution in [0.1, 0.15) is 12.2 Å². The van der Waals surface area contributed by atoms with Crippen molar-refractivity contribution in [2.45, 2.75) is 13.3 Å². The van der Waals surface area contributed by atoms with E-state index in [9.17, 15) is 4.79 Å². The molecule has 0 fully saturated rings. The third-order valence-electron chi connectivity index (χ3n) is 3.75. The highest BCUT2D eigenvalue weighted by Crippen LogP contribution is 2.17. The van der Waals surface area contributed by atoms with Crippen LogP contribution in [0.5, 0.6) is 0 Å². The Kier molecular flexibility index (Phi) is 5.30. The molecule has 0 saturated heterocycles. The SMILES string of the molecule is COCCN(CCC(=O)Nc1cc(C)on1)c1nc2ccccc2[nH]1. The van der Waals surface area contributed by atoms with E-state index in [4.69, 9.17) is 9.26 Å². The van der Waals surface area contributed by atoms with Crippen LogP contribution in [0.25, 0.3) is 11.0 Å². The normalized spacial score (nSPS) is 11.0. The molecular formula is C17H21N5O3. The molecular weight excluding hydrogens is 322 g/mol. The maximum Gasteiger partial charge on any atom is 0.227 e. The van der Waals surface area contributed by atoms with Crippen molar-refractivity contribution in [1.29, 1.82) is 0 Å². The number of nitrogens with one attached hydrogen (secondary N) is 2. The van der Waals surface area contributed by atoms with Crippen LogP contribution in [0, 0.1) is 6.92 Å². The van der Waals surface area contributed by atoms with E-state index in [1.54, 1.807) is 20.1 Å². The topological polar surface area (TPSA) is 96.3 Å². The number of fused-ring (bicyclic) bond motifs is 1. The third-order valence-corrected chi connectivity index (χ3v) is 3.75. The molecule has 0 aliphatic carbocycles. The van der Waals surface area contributed by atoms with E-state index < -0.39 is 0 Å². The maximum absolute atomic E-state index is 12.1. The van der Waals surface area contributed by atoms with Crippen molar-refractivity contribution < 1.29 is 14.1 Å². The molecule has 8 heteroatoms. The summed E-state index contributed by atoms with van der Waals surface area (Å²) in [7, 11) is 1.65. The molecule has 0 aliphatic rings. The lowest BCUT2D eigenvalue weighted by atomic mass is 10.3. The minimum atomic E-state index is -0.133. The molecule has 0 bridgehead atoms. The summed E-state index contributed by atoms with van der Waals surface area (Å²) in [5.41, 5.74) is 1.85. The van der Waals surface area contributed by atoms with Crippen molar-refractivity contribution in [3.63, 3.8) is 0 Å². The third kappa shape index (κ3) is 4.36. The van der Waals surface area contributed by atoms with Crippen LogP contribution in [0.15, 0.2) is 34.9 Å². The van der Waals surface area contributed by atoms with Crippen LogP contribution in [-0.2, 0) is 9.53 Å². The van der Waals surface area contributed by atoms with E-state index in [0.717, 1.165) is 17.0 Å². The van der Waals surface area contributed by atoms with Gasteiger partial charge in [-0.3, -0.25) is 4.79 Å². The number of ether oxygens (including phenoxy) is 1. The fraction of sp³-hybridized carbons (Fsp3) is 0.353. The predicted octanol–water partition coefficient (Wildman–Crippen LogP) is 2.34. The molecule has 2 aromatic heterocycles. The number of anilines is 2. The molecule has 3 rings (SSSR count). The molecule has 1 amide bonds. The quantitative estimate of drug-likeness (QED) is 0.652. The zero-order valence-electron chi connectivity index (χ0n) is 14.3. The number of aromatic amines is 1. The Balaban J connectivity index is 1.64. The average Bonchev–Trinajstić information content (AvgIpc) is 3.20. The van der Waals surface area contributed by atoms with Crippen molar-refractivity contribution in [2.75, 3.05) is 37.0 Å². The summed E-state index contributed by atoms with van der Waals surface area (Å²) in [6, 6.07) is 9.50. The first-order valence-electron chi connectivity index (χ1n) is 8.07. The summed E-state index contributed by atoms with van der Waals surface area (Å²) in [5, 5.41) is 6.48. The number of aromatic nitrogens is 3. The monoisotopic (exact) mass is 343 g/mol. The number of para-hydroxylation sites is 2. The second-order valence-electron chi connectivity index (χ2n) is 5.68. The van der Waals surface area contributed by atoms with Gasteiger partial charge in [-0.25, -0.2) is 4.98 Å². The van der Waals surface area contributed by atoms with E-state index >= 15 is 0 Å². The van der Waals surface area contributed by atoms with Gasteiger partial charge < -0.3 is 24.5 Å². The summed E-state index contributed by atoms with van der Waals surface area (Å²) in [4.78, 5) is 22.0. The molecule has 0 atom stereocenters. The molecule has 2 heterocycles. The van der Waals surface area contributed by atoms with Gasteiger partial charge in [0.2, 0.25) is 11.9 Å². The van der Waals surface area contributed by atoms with Crippen molar-refractivity contribution >= 4 is 28.7 Å². The minimum absolute atomic E-state index is 0.133. The van der Waals surface area contributed by atoms with Gasteiger partial charge in [0, 0.05) is 32.7 Å². The van der Waals surface area contributed by atoms with Crippen molar-refractivity contribution in [2.24, 2.45) is 0 Å². The highest BCUT2D eigenvalue weighted by atomic mass is 16.5. The number of benzene rings is 1. The van der Waals surface area contributed by atoms with Gasteiger partial charge in [0.25, 0.3) is 0 Å². The molecule has 8 nitrogen and oxygen atoms in total. The Morgan fingerprint density at radius 3 is 2.92 bits per heavy atom. The van der Waals surface area contributed by atoms with Crippen LogP contribution in [0.2, 0.25) is 0 Å². The van der Waals surface area contributed by atoms with Crippen LogP contribution in [-0.4, -0.2) is 47.8 Å². The van der Waals surface area contributed by atoms with E-state index in [1.807, 2.05) is 29.2 Å². The van der Waals surface area contributed by atoms with Crippen molar-refractivity contribution in [3.05, 3.63) is 36.1 Å². The number of methoxy groups -OCH3 is 1. The maximum atomic E-state index is 12.1. The number of hydrogen-bond acceptors (Lipinski definition) is 6. The number of amides is 1. The first-order valence-corrected chi connectivity index (χ1v) is 8.07. The zero-order chi connectivity index (χ0) is 17.6. The van der Waals surface area contributed by atoms with Gasteiger partial charge in [-0.05, 0) is 19.1 Å².